The summed E-state index contributed by atoms with van der Waals surface area (Å²) >= 11 is 0. The minimum atomic E-state index is 0.0774. The SMILES string of the molecule is COc1ccc(CCNC(=O)CN2CCN(c3ccccc3)CC2)cc1OC. The lowest BCUT2D eigenvalue weighted by atomic mass is 10.1. The number of piperazine rings is 1. The molecule has 1 saturated heterocycles. The lowest BCUT2D eigenvalue weighted by Gasteiger charge is -2.35. The van der Waals surface area contributed by atoms with Crippen LogP contribution in [0.4, 0.5) is 5.69 Å². The van der Waals surface area contributed by atoms with Crippen LogP contribution in [0.1, 0.15) is 5.56 Å². The van der Waals surface area contributed by atoms with E-state index in [0.717, 1.165) is 38.2 Å². The predicted octanol–water partition coefficient (Wildman–Crippen LogP) is 2.18. The zero-order chi connectivity index (χ0) is 19.8. The van der Waals surface area contributed by atoms with Gasteiger partial charge in [-0.05, 0) is 36.2 Å². The molecule has 3 rings (SSSR count). The van der Waals surface area contributed by atoms with E-state index in [1.807, 2.05) is 24.3 Å². The number of para-hydroxylation sites is 1. The molecule has 0 radical (unpaired) electrons. The van der Waals surface area contributed by atoms with Gasteiger partial charge >= 0.3 is 0 Å². The van der Waals surface area contributed by atoms with Crippen LogP contribution in [0.2, 0.25) is 0 Å². The van der Waals surface area contributed by atoms with Crippen molar-refractivity contribution in [3.05, 3.63) is 54.1 Å². The van der Waals surface area contributed by atoms with Crippen LogP contribution >= 0.6 is 0 Å². The third-order valence-corrected chi connectivity index (χ3v) is 5.04. The van der Waals surface area contributed by atoms with Gasteiger partial charge in [0.2, 0.25) is 5.91 Å². The Morgan fingerprint density at radius 1 is 0.964 bits per heavy atom. The van der Waals surface area contributed by atoms with Crippen molar-refractivity contribution >= 4 is 11.6 Å². The van der Waals surface area contributed by atoms with Crippen LogP contribution in [0.15, 0.2) is 48.5 Å². The van der Waals surface area contributed by atoms with Gasteiger partial charge in [0, 0.05) is 38.4 Å². The minimum absolute atomic E-state index is 0.0774. The van der Waals surface area contributed by atoms with Gasteiger partial charge in [0.15, 0.2) is 11.5 Å². The first-order valence-electron chi connectivity index (χ1n) is 9.69. The summed E-state index contributed by atoms with van der Waals surface area (Å²) in [6, 6.07) is 16.3. The summed E-state index contributed by atoms with van der Waals surface area (Å²) < 4.78 is 10.6. The van der Waals surface area contributed by atoms with E-state index in [0.29, 0.717) is 24.6 Å². The maximum absolute atomic E-state index is 12.3. The van der Waals surface area contributed by atoms with Gasteiger partial charge in [-0.15, -0.1) is 0 Å². The Balaban J connectivity index is 1.38. The van der Waals surface area contributed by atoms with Crippen LogP contribution in [0.5, 0.6) is 11.5 Å². The Bertz CT molecular complexity index is 759. The number of methoxy groups -OCH3 is 2. The Kier molecular flexibility index (Phi) is 7.14. The highest BCUT2D eigenvalue weighted by molar-refractivity contribution is 5.78. The molecule has 1 heterocycles. The molecule has 0 aliphatic carbocycles. The summed E-state index contributed by atoms with van der Waals surface area (Å²) in [5.41, 5.74) is 2.36. The quantitative estimate of drug-likeness (QED) is 0.757. The Morgan fingerprint density at radius 3 is 2.36 bits per heavy atom. The Labute approximate surface area is 167 Å². The van der Waals surface area contributed by atoms with E-state index in [-0.39, 0.29) is 5.91 Å². The number of carbonyl (C=O) groups is 1. The number of carbonyl (C=O) groups excluding carboxylic acids is 1. The third-order valence-electron chi connectivity index (χ3n) is 5.04. The zero-order valence-corrected chi connectivity index (χ0v) is 16.7. The standard InChI is InChI=1S/C22H29N3O3/c1-27-20-9-8-18(16-21(20)28-2)10-11-23-22(26)17-24-12-14-25(15-13-24)19-6-4-3-5-7-19/h3-9,16H,10-15,17H2,1-2H3,(H,23,26). The van der Waals surface area contributed by atoms with Gasteiger partial charge in [-0.25, -0.2) is 0 Å². The minimum Gasteiger partial charge on any atom is -0.493 e. The summed E-state index contributed by atoms with van der Waals surface area (Å²) in [4.78, 5) is 16.8. The number of anilines is 1. The van der Waals surface area contributed by atoms with Crippen LogP contribution in [0.3, 0.4) is 0 Å². The molecule has 28 heavy (non-hydrogen) atoms. The van der Waals surface area contributed by atoms with Crippen molar-refractivity contribution in [2.45, 2.75) is 6.42 Å². The average molecular weight is 383 g/mol. The molecule has 150 valence electrons. The number of hydrogen-bond acceptors (Lipinski definition) is 5. The van der Waals surface area contributed by atoms with Gasteiger partial charge in [-0.1, -0.05) is 24.3 Å². The predicted molar refractivity (Wildman–Crippen MR) is 111 cm³/mol. The van der Waals surface area contributed by atoms with Crippen molar-refractivity contribution in [3.63, 3.8) is 0 Å². The summed E-state index contributed by atoms with van der Waals surface area (Å²) in [6.07, 6.45) is 0.758. The van der Waals surface area contributed by atoms with E-state index in [1.54, 1.807) is 14.2 Å². The van der Waals surface area contributed by atoms with E-state index < -0.39 is 0 Å². The molecule has 0 saturated carbocycles. The van der Waals surface area contributed by atoms with Gasteiger partial charge in [-0.2, -0.15) is 0 Å². The monoisotopic (exact) mass is 383 g/mol. The summed E-state index contributed by atoms with van der Waals surface area (Å²) in [5, 5.41) is 3.02. The smallest absolute Gasteiger partial charge is 0.234 e. The highest BCUT2D eigenvalue weighted by atomic mass is 16.5. The second-order valence-corrected chi connectivity index (χ2v) is 6.89. The summed E-state index contributed by atoms with van der Waals surface area (Å²) in [7, 11) is 3.25. The first kappa shape index (κ1) is 20.0. The molecule has 0 atom stereocenters. The number of benzene rings is 2. The van der Waals surface area contributed by atoms with E-state index in [1.165, 1.54) is 5.69 Å². The number of hydrogen-bond donors (Lipinski definition) is 1. The van der Waals surface area contributed by atoms with E-state index in [2.05, 4.69) is 39.4 Å². The van der Waals surface area contributed by atoms with Crippen LogP contribution in [0, 0.1) is 0 Å². The topological polar surface area (TPSA) is 54.0 Å². The van der Waals surface area contributed by atoms with Gasteiger partial charge in [-0.3, -0.25) is 9.69 Å². The molecule has 6 heteroatoms. The molecule has 0 bridgehead atoms. The van der Waals surface area contributed by atoms with Crippen LogP contribution in [0.25, 0.3) is 0 Å². The van der Waals surface area contributed by atoms with E-state index in [4.69, 9.17) is 9.47 Å². The van der Waals surface area contributed by atoms with Gasteiger partial charge in [0.05, 0.1) is 20.8 Å². The highest BCUT2D eigenvalue weighted by Gasteiger charge is 2.18. The molecule has 0 unspecified atom stereocenters. The summed E-state index contributed by atoms with van der Waals surface area (Å²) in [6.45, 7) is 4.76. The molecule has 6 nitrogen and oxygen atoms in total. The lowest BCUT2D eigenvalue weighted by molar-refractivity contribution is -0.122. The highest BCUT2D eigenvalue weighted by Crippen LogP contribution is 2.27. The second-order valence-electron chi connectivity index (χ2n) is 6.89. The maximum Gasteiger partial charge on any atom is 0.234 e. The van der Waals surface area contributed by atoms with Crippen LogP contribution in [-0.4, -0.2) is 64.3 Å². The number of amides is 1. The van der Waals surface area contributed by atoms with E-state index >= 15 is 0 Å². The summed E-state index contributed by atoms with van der Waals surface area (Å²) in [5.74, 6) is 1.50. The van der Waals surface area contributed by atoms with E-state index in [9.17, 15) is 4.79 Å². The molecule has 0 spiro atoms. The Hall–Kier alpha value is -2.73. The van der Waals surface area contributed by atoms with Gasteiger partial charge in [0.25, 0.3) is 0 Å². The van der Waals surface area contributed by atoms with Crippen molar-refractivity contribution in [1.29, 1.82) is 0 Å². The molecule has 1 fully saturated rings. The third kappa shape index (κ3) is 5.39. The molecular weight excluding hydrogens is 354 g/mol. The van der Waals surface area contributed by atoms with Crippen molar-refractivity contribution in [3.8, 4) is 11.5 Å². The van der Waals surface area contributed by atoms with Gasteiger partial charge in [0.1, 0.15) is 0 Å². The van der Waals surface area contributed by atoms with Crippen LogP contribution in [-0.2, 0) is 11.2 Å². The normalized spacial score (nSPS) is 14.6. The first-order chi connectivity index (χ1) is 13.7. The van der Waals surface area contributed by atoms with Crippen LogP contribution < -0.4 is 19.7 Å². The molecular formula is C22H29N3O3. The molecule has 2 aromatic carbocycles. The fraction of sp³-hybridized carbons (Fsp3) is 0.409. The fourth-order valence-corrected chi connectivity index (χ4v) is 3.44. The molecule has 1 aliphatic rings. The molecule has 1 N–H and O–H groups in total. The number of nitrogens with zero attached hydrogens (tertiary/aromatic N) is 2. The molecule has 2 aromatic rings. The second kappa shape index (κ2) is 9.99. The van der Waals surface area contributed by atoms with Gasteiger partial charge < -0.3 is 19.7 Å². The number of ether oxygens (including phenoxy) is 2. The molecule has 0 aromatic heterocycles. The zero-order valence-electron chi connectivity index (χ0n) is 16.7. The lowest BCUT2D eigenvalue weighted by Crippen LogP contribution is -2.49. The average Bonchev–Trinajstić information content (AvgIpc) is 2.74. The number of rotatable bonds is 8. The fourth-order valence-electron chi connectivity index (χ4n) is 3.44. The number of nitrogens with one attached hydrogen (secondary N) is 1. The van der Waals surface area contributed by atoms with Crippen molar-refractivity contribution in [2.24, 2.45) is 0 Å². The van der Waals surface area contributed by atoms with Crippen molar-refractivity contribution < 1.29 is 14.3 Å². The largest absolute Gasteiger partial charge is 0.493 e. The maximum atomic E-state index is 12.3. The Morgan fingerprint density at radius 2 is 1.68 bits per heavy atom. The van der Waals surface area contributed by atoms with Crippen molar-refractivity contribution in [2.75, 3.05) is 58.4 Å². The molecule has 1 aliphatic heterocycles. The molecule has 1 amide bonds. The van der Waals surface area contributed by atoms with Crippen molar-refractivity contribution in [1.82, 2.24) is 10.2 Å². The first-order valence-corrected chi connectivity index (χ1v) is 9.69.